The smallest absolute Gasteiger partial charge is 0.191 e. The van der Waals surface area contributed by atoms with E-state index in [0.717, 1.165) is 56.4 Å². The monoisotopic (exact) mass is 341 g/mol. The number of methoxy groups -OCH3 is 1. The Bertz CT molecular complexity index is 691. The summed E-state index contributed by atoms with van der Waals surface area (Å²) in [4.78, 5) is 4.83. The summed E-state index contributed by atoms with van der Waals surface area (Å²) in [6.45, 7) is 4.48. The second kappa shape index (κ2) is 8.10. The van der Waals surface area contributed by atoms with Crippen LogP contribution in [0, 0.1) is 0 Å². The minimum absolute atomic E-state index is 0.121. The Morgan fingerprint density at radius 2 is 2.04 bits per heavy atom. The topological polar surface area (TPSA) is 58.8 Å². The maximum Gasteiger partial charge on any atom is 0.191 e. The highest BCUT2D eigenvalue weighted by molar-refractivity contribution is 5.79. The van der Waals surface area contributed by atoms with Gasteiger partial charge in [0.25, 0.3) is 0 Å². The van der Waals surface area contributed by atoms with Crippen LogP contribution in [0.5, 0.6) is 5.75 Å². The summed E-state index contributed by atoms with van der Waals surface area (Å²) in [5.41, 5.74) is 1.39. The number of para-hydroxylation sites is 1. The maximum absolute atomic E-state index is 5.54. The zero-order chi connectivity index (χ0) is 17.5. The molecular weight excluding hydrogens is 314 g/mol. The Hall–Kier alpha value is -2.43. The minimum atomic E-state index is 0.121. The van der Waals surface area contributed by atoms with Gasteiger partial charge in [-0.25, -0.2) is 0 Å². The van der Waals surface area contributed by atoms with Crippen molar-refractivity contribution in [3.05, 3.63) is 54.0 Å². The lowest BCUT2D eigenvalue weighted by Gasteiger charge is -2.18. The summed E-state index contributed by atoms with van der Waals surface area (Å²) < 4.78 is 10.9. The number of aliphatic imine (C=N–C) groups is 1. The third kappa shape index (κ3) is 4.35. The van der Waals surface area contributed by atoms with Crippen molar-refractivity contribution in [1.29, 1.82) is 0 Å². The molecule has 0 atom stereocenters. The maximum atomic E-state index is 5.54. The van der Waals surface area contributed by atoms with Crippen LogP contribution in [0.25, 0.3) is 0 Å². The number of nitrogens with zero attached hydrogens (tertiary/aromatic N) is 1. The Balaban J connectivity index is 1.62. The number of furan rings is 1. The third-order valence-electron chi connectivity index (χ3n) is 4.66. The van der Waals surface area contributed by atoms with Gasteiger partial charge in [-0.15, -0.1) is 0 Å². The fourth-order valence-corrected chi connectivity index (χ4v) is 3.08. The number of hydrogen-bond acceptors (Lipinski definition) is 3. The number of hydrogen-bond donors (Lipinski definition) is 2. The average molecular weight is 341 g/mol. The molecule has 2 aromatic rings. The van der Waals surface area contributed by atoms with Crippen molar-refractivity contribution in [2.45, 2.75) is 31.6 Å². The highest BCUT2D eigenvalue weighted by Gasteiger charge is 2.46. The van der Waals surface area contributed by atoms with Crippen LogP contribution in [0.15, 0.2) is 52.1 Å². The first-order valence-corrected chi connectivity index (χ1v) is 8.95. The quantitative estimate of drug-likeness (QED) is 0.572. The van der Waals surface area contributed by atoms with Crippen molar-refractivity contribution >= 4 is 5.96 Å². The van der Waals surface area contributed by atoms with E-state index in [4.69, 9.17) is 14.1 Å². The van der Waals surface area contributed by atoms with Gasteiger partial charge < -0.3 is 19.8 Å². The summed E-state index contributed by atoms with van der Waals surface area (Å²) in [5, 5.41) is 6.71. The summed E-state index contributed by atoms with van der Waals surface area (Å²) in [6.07, 6.45) is 4.86. The molecule has 0 amide bonds. The molecule has 0 saturated heterocycles. The predicted octanol–water partition coefficient (Wildman–Crippen LogP) is 3.12. The molecule has 0 unspecified atom stereocenters. The van der Waals surface area contributed by atoms with Crippen molar-refractivity contribution < 1.29 is 9.15 Å². The zero-order valence-electron chi connectivity index (χ0n) is 15.0. The third-order valence-corrected chi connectivity index (χ3v) is 4.66. The van der Waals surface area contributed by atoms with Gasteiger partial charge in [0.1, 0.15) is 11.5 Å². The van der Waals surface area contributed by atoms with Gasteiger partial charge in [-0.1, -0.05) is 18.2 Å². The van der Waals surface area contributed by atoms with Gasteiger partial charge in [-0.2, -0.15) is 0 Å². The van der Waals surface area contributed by atoms with Crippen molar-refractivity contribution in [1.82, 2.24) is 10.6 Å². The molecule has 1 aromatic carbocycles. The van der Waals surface area contributed by atoms with Gasteiger partial charge in [0, 0.05) is 30.5 Å². The average Bonchev–Trinajstić information content (AvgIpc) is 3.26. The predicted molar refractivity (Wildman–Crippen MR) is 100 cm³/mol. The molecule has 0 radical (unpaired) electrons. The summed E-state index contributed by atoms with van der Waals surface area (Å²) in [5.74, 6) is 2.80. The van der Waals surface area contributed by atoms with Crippen LogP contribution in [0.4, 0.5) is 0 Å². The van der Waals surface area contributed by atoms with Gasteiger partial charge >= 0.3 is 0 Å². The van der Waals surface area contributed by atoms with Gasteiger partial charge in [0.2, 0.25) is 0 Å². The van der Waals surface area contributed by atoms with Crippen LogP contribution in [-0.4, -0.2) is 32.7 Å². The van der Waals surface area contributed by atoms with Crippen LogP contribution in [-0.2, 0) is 11.8 Å². The van der Waals surface area contributed by atoms with E-state index in [1.54, 1.807) is 13.4 Å². The fraction of sp³-hybridized carbons (Fsp3) is 0.450. The van der Waals surface area contributed by atoms with Gasteiger partial charge in [-0.3, -0.25) is 4.99 Å². The number of ether oxygens (including phenoxy) is 1. The molecule has 0 bridgehead atoms. The molecule has 1 aliphatic rings. The van der Waals surface area contributed by atoms with Gasteiger partial charge in [0.15, 0.2) is 5.96 Å². The van der Waals surface area contributed by atoms with E-state index in [1.165, 1.54) is 5.56 Å². The first-order valence-electron chi connectivity index (χ1n) is 8.95. The second-order valence-electron chi connectivity index (χ2n) is 6.43. The van der Waals surface area contributed by atoms with Crippen LogP contribution >= 0.6 is 0 Å². The molecule has 5 nitrogen and oxygen atoms in total. The molecule has 1 aliphatic carbocycles. The lowest BCUT2D eigenvalue weighted by molar-refractivity contribution is 0.404. The minimum Gasteiger partial charge on any atom is -0.496 e. The highest BCUT2D eigenvalue weighted by Crippen LogP contribution is 2.51. The fourth-order valence-electron chi connectivity index (χ4n) is 3.08. The SMILES string of the molecule is CCNC(=NCC1(c2ccccc2OC)CC1)NCCc1ccco1. The molecule has 1 fully saturated rings. The van der Waals surface area contributed by atoms with Crippen molar-refractivity contribution in [3.8, 4) is 5.75 Å². The Labute approximate surface area is 149 Å². The van der Waals surface area contributed by atoms with Crippen molar-refractivity contribution in [3.63, 3.8) is 0 Å². The molecule has 25 heavy (non-hydrogen) atoms. The molecule has 2 N–H and O–H groups in total. The Morgan fingerprint density at radius 3 is 2.72 bits per heavy atom. The molecular formula is C20H27N3O2. The summed E-state index contributed by atoms with van der Waals surface area (Å²) in [6, 6.07) is 12.2. The van der Waals surface area contributed by atoms with Crippen LogP contribution in [0.3, 0.4) is 0 Å². The van der Waals surface area contributed by atoms with Gasteiger partial charge in [-0.05, 0) is 38.0 Å². The van der Waals surface area contributed by atoms with E-state index >= 15 is 0 Å². The molecule has 1 saturated carbocycles. The summed E-state index contributed by atoms with van der Waals surface area (Å²) in [7, 11) is 1.73. The molecule has 3 rings (SSSR count). The molecule has 1 heterocycles. The largest absolute Gasteiger partial charge is 0.496 e. The molecule has 0 spiro atoms. The van der Waals surface area contributed by atoms with E-state index in [2.05, 4.69) is 29.7 Å². The van der Waals surface area contributed by atoms with Gasteiger partial charge in [0.05, 0.1) is 19.9 Å². The number of rotatable bonds is 8. The zero-order valence-corrected chi connectivity index (χ0v) is 15.0. The molecule has 0 aliphatic heterocycles. The van der Waals surface area contributed by atoms with Crippen LogP contribution in [0.1, 0.15) is 31.1 Å². The molecule has 134 valence electrons. The second-order valence-corrected chi connectivity index (χ2v) is 6.43. The normalized spacial score (nSPS) is 15.7. The van der Waals surface area contributed by atoms with Crippen LogP contribution < -0.4 is 15.4 Å². The summed E-state index contributed by atoms with van der Waals surface area (Å²) >= 11 is 0. The Morgan fingerprint density at radius 1 is 1.20 bits per heavy atom. The molecule has 5 heteroatoms. The lowest BCUT2D eigenvalue weighted by atomic mass is 9.95. The number of nitrogens with one attached hydrogen (secondary N) is 2. The first-order chi connectivity index (χ1) is 12.3. The van der Waals surface area contributed by atoms with E-state index in [1.807, 2.05) is 24.3 Å². The van der Waals surface area contributed by atoms with E-state index in [-0.39, 0.29) is 5.41 Å². The first kappa shape index (κ1) is 17.4. The van der Waals surface area contributed by atoms with Crippen LogP contribution in [0.2, 0.25) is 0 Å². The Kier molecular flexibility index (Phi) is 5.64. The van der Waals surface area contributed by atoms with E-state index in [9.17, 15) is 0 Å². The highest BCUT2D eigenvalue weighted by atomic mass is 16.5. The lowest BCUT2D eigenvalue weighted by Crippen LogP contribution is -2.39. The van der Waals surface area contributed by atoms with Crippen molar-refractivity contribution in [2.24, 2.45) is 4.99 Å². The molecule has 1 aromatic heterocycles. The standard InChI is InChI=1S/C20H27N3O2/c1-3-21-19(22-13-10-16-7-6-14-25-16)23-15-20(11-12-20)17-8-4-5-9-18(17)24-2/h4-9,14H,3,10-13,15H2,1-2H3,(H2,21,22,23). The number of benzene rings is 1. The van der Waals surface area contributed by atoms with E-state index in [0.29, 0.717) is 0 Å². The van der Waals surface area contributed by atoms with E-state index < -0.39 is 0 Å². The van der Waals surface area contributed by atoms with Crippen molar-refractivity contribution in [2.75, 3.05) is 26.7 Å². The number of guanidine groups is 1.